The Morgan fingerprint density at radius 1 is 1.38 bits per heavy atom. The van der Waals surface area contributed by atoms with Crippen LogP contribution in [-0.2, 0) is 0 Å². The van der Waals surface area contributed by atoms with Crippen LogP contribution in [0.15, 0.2) is 18.2 Å². The molecular formula is C17H22ClNO2. The lowest BCUT2D eigenvalue weighted by atomic mass is 9.84. The van der Waals surface area contributed by atoms with E-state index >= 15 is 0 Å². The van der Waals surface area contributed by atoms with Gasteiger partial charge in [-0.05, 0) is 62.1 Å². The van der Waals surface area contributed by atoms with E-state index in [0.29, 0.717) is 22.3 Å². The van der Waals surface area contributed by atoms with Gasteiger partial charge in [0.05, 0.1) is 12.7 Å². The van der Waals surface area contributed by atoms with Crippen LogP contribution >= 0.6 is 11.6 Å². The third kappa shape index (κ3) is 2.89. The molecule has 1 N–H and O–H groups in total. The molecule has 0 saturated heterocycles. The molecule has 4 heteroatoms. The maximum absolute atomic E-state index is 12.5. The minimum atomic E-state index is -0.0929. The molecule has 0 aliphatic heterocycles. The first-order chi connectivity index (χ1) is 10.1. The molecule has 3 nitrogen and oxygen atoms in total. The highest BCUT2D eigenvalue weighted by Gasteiger charge is 2.42. The van der Waals surface area contributed by atoms with Gasteiger partial charge in [-0.25, -0.2) is 0 Å². The van der Waals surface area contributed by atoms with Gasteiger partial charge in [0.1, 0.15) is 5.75 Å². The van der Waals surface area contributed by atoms with Gasteiger partial charge in [-0.2, -0.15) is 0 Å². The van der Waals surface area contributed by atoms with Crippen molar-refractivity contribution in [3.05, 3.63) is 28.8 Å². The van der Waals surface area contributed by atoms with Crippen molar-refractivity contribution in [1.82, 2.24) is 5.32 Å². The molecule has 4 unspecified atom stereocenters. The fourth-order valence-corrected chi connectivity index (χ4v) is 4.33. The fourth-order valence-electron chi connectivity index (χ4n) is 4.16. The van der Waals surface area contributed by atoms with E-state index in [9.17, 15) is 4.79 Å². The molecule has 2 bridgehead atoms. The van der Waals surface area contributed by atoms with Gasteiger partial charge < -0.3 is 10.1 Å². The Labute approximate surface area is 131 Å². The summed E-state index contributed by atoms with van der Waals surface area (Å²) in [5.41, 5.74) is 0.514. The second-order valence-corrected chi connectivity index (χ2v) is 6.88. The summed E-state index contributed by atoms with van der Waals surface area (Å²) in [4.78, 5) is 12.5. The molecular weight excluding hydrogens is 286 g/mol. The van der Waals surface area contributed by atoms with Gasteiger partial charge in [0.25, 0.3) is 5.91 Å². The van der Waals surface area contributed by atoms with Crippen LogP contribution in [0.2, 0.25) is 5.02 Å². The van der Waals surface area contributed by atoms with Gasteiger partial charge in [0.15, 0.2) is 0 Å². The number of methoxy groups -OCH3 is 1. The van der Waals surface area contributed by atoms with Gasteiger partial charge in [-0.3, -0.25) is 4.79 Å². The largest absolute Gasteiger partial charge is 0.496 e. The summed E-state index contributed by atoms with van der Waals surface area (Å²) < 4.78 is 5.26. The van der Waals surface area contributed by atoms with Crippen LogP contribution in [0, 0.1) is 17.8 Å². The number of halogens is 1. The van der Waals surface area contributed by atoms with E-state index in [0.717, 1.165) is 11.8 Å². The minimum Gasteiger partial charge on any atom is -0.496 e. The van der Waals surface area contributed by atoms with Gasteiger partial charge in [0, 0.05) is 11.1 Å². The third-order valence-corrected chi connectivity index (χ3v) is 5.44. The molecule has 4 atom stereocenters. The summed E-state index contributed by atoms with van der Waals surface area (Å²) >= 11 is 6.00. The summed E-state index contributed by atoms with van der Waals surface area (Å²) in [5.74, 6) is 2.78. The lowest BCUT2D eigenvalue weighted by molar-refractivity contribution is 0.0912. The van der Waals surface area contributed by atoms with E-state index in [1.165, 1.54) is 25.7 Å². The molecule has 0 heterocycles. The van der Waals surface area contributed by atoms with E-state index in [4.69, 9.17) is 16.3 Å². The van der Waals surface area contributed by atoms with Crippen molar-refractivity contribution in [2.24, 2.45) is 17.8 Å². The fraction of sp³-hybridized carbons (Fsp3) is 0.588. The van der Waals surface area contributed by atoms with E-state index in [1.54, 1.807) is 25.3 Å². The first-order valence-electron chi connectivity index (χ1n) is 7.73. The lowest BCUT2D eigenvalue weighted by Crippen LogP contribution is -2.40. The van der Waals surface area contributed by atoms with Gasteiger partial charge in [-0.15, -0.1) is 0 Å². The highest BCUT2D eigenvalue weighted by atomic mass is 35.5. The summed E-state index contributed by atoms with van der Waals surface area (Å²) in [6, 6.07) is 5.34. The summed E-state index contributed by atoms with van der Waals surface area (Å²) in [6.07, 6.45) is 5.32. The number of ether oxygens (including phenoxy) is 1. The maximum atomic E-state index is 12.5. The first-order valence-corrected chi connectivity index (χ1v) is 8.10. The van der Waals surface area contributed by atoms with Crippen LogP contribution in [0.3, 0.4) is 0 Å². The smallest absolute Gasteiger partial charge is 0.255 e. The zero-order chi connectivity index (χ0) is 15.0. The Kier molecular flexibility index (Phi) is 4.12. The Morgan fingerprint density at radius 2 is 2.19 bits per heavy atom. The quantitative estimate of drug-likeness (QED) is 0.916. The van der Waals surface area contributed by atoms with Crippen molar-refractivity contribution >= 4 is 17.5 Å². The van der Waals surface area contributed by atoms with Crippen LogP contribution in [0.25, 0.3) is 0 Å². The number of amides is 1. The lowest BCUT2D eigenvalue weighted by Gasteiger charge is -2.28. The zero-order valence-corrected chi connectivity index (χ0v) is 13.3. The third-order valence-electron chi connectivity index (χ3n) is 5.20. The molecule has 2 aliphatic carbocycles. The first kappa shape index (κ1) is 14.7. The molecule has 3 rings (SSSR count). The standard InChI is InChI=1S/C17H22ClNO2/c1-10(14-8-11-3-4-12(14)7-11)19-17(20)15-9-13(18)5-6-16(15)21-2/h5-6,9-12,14H,3-4,7-8H2,1-2H3,(H,19,20). The van der Waals surface area contributed by atoms with Crippen molar-refractivity contribution in [3.8, 4) is 5.75 Å². The number of rotatable bonds is 4. The average Bonchev–Trinajstić information content (AvgIpc) is 3.09. The molecule has 114 valence electrons. The Bertz CT molecular complexity index is 546. The minimum absolute atomic E-state index is 0.0929. The number of benzene rings is 1. The second kappa shape index (κ2) is 5.88. The predicted molar refractivity (Wildman–Crippen MR) is 83.9 cm³/mol. The molecule has 1 amide bonds. The van der Waals surface area contributed by atoms with Crippen LogP contribution in [0.4, 0.5) is 0 Å². The average molecular weight is 308 g/mol. The molecule has 2 saturated carbocycles. The Hall–Kier alpha value is -1.22. The number of carbonyl (C=O) groups is 1. The normalized spacial score (nSPS) is 28.4. The van der Waals surface area contributed by atoms with Crippen molar-refractivity contribution < 1.29 is 9.53 Å². The molecule has 1 aromatic rings. The zero-order valence-electron chi connectivity index (χ0n) is 12.6. The van der Waals surface area contributed by atoms with Crippen LogP contribution in [0.5, 0.6) is 5.75 Å². The maximum Gasteiger partial charge on any atom is 0.255 e. The summed E-state index contributed by atoms with van der Waals surface area (Å²) in [6.45, 7) is 2.13. The molecule has 0 radical (unpaired) electrons. The van der Waals surface area contributed by atoms with Crippen molar-refractivity contribution in [3.63, 3.8) is 0 Å². The number of hydrogen-bond acceptors (Lipinski definition) is 2. The number of carbonyl (C=O) groups excluding carboxylic acids is 1. The summed E-state index contributed by atoms with van der Waals surface area (Å²) in [5, 5.41) is 3.70. The molecule has 2 aliphatic rings. The van der Waals surface area contributed by atoms with E-state index in [1.807, 2.05) is 0 Å². The van der Waals surface area contributed by atoms with Crippen LogP contribution in [-0.4, -0.2) is 19.1 Å². The molecule has 0 aromatic heterocycles. The predicted octanol–water partition coefficient (Wildman–Crippen LogP) is 3.90. The molecule has 2 fully saturated rings. The molecule has 0 spiro atoms. The summed E-state index contributed by atoms with van der Waals surface area (Å²) in [7, 11) is 1.57. The number of fused-ring (bicyclic) bond motifs is 2. The van der Waals surface area contributed by atoms with Crippen LogP contribution in [0.1, 0.15) is 43.0 Å². The van der Waals surface area contributed by atoms with Crippen molar-refractivity contribution in [1.29, 1.82) is 0 Å². The highest BCUT2D eigenvalue weighted by molar-refractivity contribution is 6.31. The van der Waals surface area contributed by atoms with E-state index in [2.05, 4.69) is 12.2 Å². The highest BCUT2D eigenvalue weighted by Crippen LogP contribution is 2.49. The van der Waals surface area contributed by atoms with Crippen molar-refractivity contribution in [2.75, 3.05) is 7.11 Å². The van der Waals surface area contributed by atoms with E-state index in [-0.39, 0.29) is 11.9 Å². The number of nitrogens with one attached hydrogen (secondary N) is 1. The van der Waals surface area contributed by atoms with Gasteiger partial charge in [-0.1, -0.05) is 18.0 Å². The van der Waals surface area contributed by atoms with Crippen LogP contribution < -0.4 is 10.1 Å². The van der Waals surface area contributed by atoms with E-state index < -0.39 is 0 Å². The Balaban J connectivity index is 1.70. The monoisotopic (exact) mass is 307 g/mol. The molecule has 1 aromatic carbocycles. The van der Waals surface area contributed by atoms with Gasteiger partial charge in [0.2, 0.25) is 0 Å². The molecule has 21 heavy (non-hydrogen) atoms. The van der Waals surface area contributed by atoms with Gasteiger partial charge >= 0.3 is 0 Å². The topological polar surface area (TPSA) is 38.3 Å². The SMILES string of the molecule is COc1ccc(Cl)cc1C(=O)NC(C)C1CC2CCC1C2. The number of hydrogen-bond donors (Lipinski definition) is 1. The van der Waals surface area contributed by atoms with Crippen molar-refractivity contribution in [2.45, 2.75) is 38.6 Å². The second-order valence-electron chi connectivity index (χ2n) is 6.45. The Morgan fingerprint density at radius 3 is 2.81 bits per heavy atom.